The van der Waals surface area contributed by atoms with Crippen molar-refractivity contribution in [2.45, 2.75) is 6.18 Å². The molecule has 0 bridgehead atoms. The van der Waals surface area contributed by atoms with E-state index in [0.717, 1.165) is 7.11 Å². The van der Waals surface area contributed by atoms with Gasteiger partial charge in [-0.1, -0.05) is 0 Å². The molecule has 0 fully saturated rings. The van der Waals surface area contributed by atoms with Gasteiger partial charge in [0, 0.05) is 18.9 Å². The van der Waals surface area contributed by atoms with Crippen LogP contribution in [0.2, 0.25) is 0 Å². The molecule has 0 aliphatic rings. The van der Waals surface area contributed by atoms with Crippen molar-refractivity contribution < 1.29 is 17.9 Å². The van der Waals surface area contributed by atoms with Crippen LogP contribution >= 0.6 is 0 Å². The van der Waals surface area contributed by atoms with Crippen LogP contribution in [0.4, 0.5) is 24.8 Å². The van der Waals surface area contributed by atoms with E-state index < -0.39 is 17.6 Å². The van der Waals surface area contributed by atoms with Crippen molar-refractivity contribution in [1.82, 2.24) is 9.97 Å². The fourth-order valence-corrected chi connectivity index (χ4v) is 1.74. The summed E-state index contributed by atoms with van der Waals surface area (Å²) in [5.41, 5.74) is 0.0656. The number of nitriles is 1. The molecule has 0 atom stereocenters. The highest BCUT2D eigenvalue weighted by Crippen LogP contribution is 2.35. The summed E-state index contributed by atoms with van der Waals surface area (Å²) < 4.78 is 43.0. The molecule has 0 aliphatic carbocycles. The van der Waals surface area contributed by atoms with Crippen LogP contribution in [0, 0.1) is 11.3 Å². The van der Waals surface area contributed by atoms with Crippen LogP contribution in [0.1, 0.15) is 11.1 Å². The van der Waals surface area contributed by atoms with Crippen molar-refractivity contribution in [3.8, 4) is 11.9 Å². The zero-order valence-electron chi connectivity index (χ0n) is 11.7. The van der Waals surface area contributed by atoms with Gasteiger partial charge < -0.3 is 9.64 Å². The Morgan fingerprint density at radius 2 is 1.86 bits per heavy atom. The number of halogens is 3. The van der Waals surface area contributed by atoms with Crippen LogP contribution in [0.15, 0.2) is 30.5 Å². The number of rotatable bonds is 3. The van der Waals surface area contributed by atoms with E-state index in [0.29, 0.717) is 17.4 Å². The fourth-order valence-electron chi connectivity index (χ4n) is 1.74. The molecule has 0 saturated carbocycles. The number of hydrogen-bond acceptors (Lipinski definition) is 5. The highest BCUT2D eigenvalue weighted by atomic mass is 19.4. The predicted molar refractivity (Wildman–Crippen MR) is 72.8 cm³/mol. The Balaban J connectivity index is 2.37. The number of aromatic nitrogens is 2. The largest absolute Gasteiger partial charge is 0.480 e. The second-order valence-electron chi connectivity index (χ2n) is 4.31. The third kappa shape index (κ3) is 3.09. The van der Waals surface area contributed by atoms with E-state index in [9.17, 15) is 13.2 Å². The third-order valence-corrected chi connectivity index (χ3v) is 2.92. The predicted octanol–water partition coefficient (Wildman–Crippen LogP) is 3.14. The average molecular weight is 308 g/mol. The minimum absolute atomic E-state index is 0.0505. The first-order valence-corrected chi connectivity index (χ1v) is 6.09. The SMILES string of the molecule is COc1nc(N(C)c2ccc(C#N)cc2)ncc1C(F)(F)F. The van der Waals surface area contributed by atoms with Gasteiger partial charge in [-0.3, -0.25) is 0 Å². The highest BCUT2D eigenvalue weighted by Gasteiger charge is 2.36. The van der Waals surface area contributed by atoms with Crippen molar-refractivity contribution in [2.75, 3.05) is 19.1 Å². The topological polar surface area (TPSA) is 62.0 Å². The number of methoxy groups -OCH3 is 1. The van der Waals surface area contributed by atoms with Gasteiger partial charge in [-0.05, 0) is 24.3 Å². The number of anilines is 2. The van der Waals surface area contributed by atoms with Gasteiger partial charge in [-0.25, -0.2) is 4.98 Å². The summed E-state index contributed by atoms with van der Waals surface area (Å²) in [4.78, 5) is 9.00. The molecule has 1 heterocycles. The summed E-state index contributed by atoms with van der Waals surface area (Å²) in [6, 6.07) is 8.45. The lowest BCUT2D eigenvalue weighted by atomic mass is 10.2. The minimum Gasteiger partial charge on any atom is -0.480 e. The summed E-state index contributed by atoms with van der Waals surface area (Å²) >= 11 is 0. The Hall–Kier alpha value is -2.82. The van der Waals surface area contributed by atoms with Crippen LogP contribution < -0.4 is 9.64 Å². The van der Waals surface area contributed by atoms with Gasteiger partial charge >= 0.3 is 6.18 Å². The Morgan fingerprint density at radius 1 is 1.23 bits per heavy atom. The van der Waals surface area contributed by atoms with Crippen LogP contribution in [-0.2, 0) is 6.18 Å². The fraction of sp³-hybridized carbons (Fsp3) is 0.214. The first-order valence-electron chi connectivity index (χ1n) is 6.09. The molecule has 0 aliphatic heterocycles. The average Bonchev–Trinajstić information content (AvgIpc) is 2.52. The summed E-state index contributed by atoms with van der Waals surface area (Å²) in [7, 11) is 2.71. The summed E-state index contributed by atoms with van der Waals surface area (Å²) in [6.07, 6.45) is -3.90. The smallest absolute Gasteiger partial charge is 0.423 e. The van der Waals surface area contributed by atoms with Crippen molar-refractivity contribution in [2.24, 2.45) is 0 Å². The van der Waals surface area contributed by atoms with Crippen LogP contribution in [0.3, 0.4) is 0 Å². The maximum absolute atomic E-state index is 12.8. The van der Waals surface area contributed by atoms with E-state index >= 15 is 0 Å². The quantitative estimate of drug-likeness (QED) is 0.871. The van der Waals surface area contributed by atoms with Gasteiger partial charge in [-0.15, -0.1) is 0 Å². The van der Waals surface area contributed by atoms with Crippen molar-refractivity contribution in [3.63, 3.8) is 0 Å². The summed E-state index contributed by atoms with van der Waals surface area (Å²) in [6.45, 7) is 0. The number of alkyl halides is 3. The molecule has 0 amide bonds. The molecule has 1 aromatic carbocycles. The van der Waals surface area contributed by atoms with Gasteiger partial charge in [0.15, 0.2) is 0 Å². The zero-order chi connectivity index (χ0) is 16.3. The summed E-state index contributed by atoms with van der Waals surface area (Å²) in [5.74, 6) is -0.493. The van der Waals surface area contributed by atoms with Gasteiger partial charge in [0.25, 0.3) is 0 Å². The first-order chi connectivity index (χ1) is 10.4. The normalized spacial score (nSPS) is 10.9. The Kier molecular flexibility index (Phi) is 4.17. The molecule has 0 radical (unpaired) electrons. The molecular weight excluding hydrogens is 297 g/mol. The molecule has 0 unspecified atom stereocenters. The molecule has 8 heteroatoms. The lowest BCUT2D eigenvalue weighted by molar-refractivity contribution is -0.139. The third-order valence-electron chi connectivity index (χ3n) is 2.92. The number of ether oxygens (including phenoxy) is 1. The molecule has 2 aromatic rings. The van der Waals surface area contributed by atoms with E-state index in [1.54, 1.807) is 31.3 Å². The Labute approximate surface area is 124 Å². The monoisotopic (exact) mass is 308 g/mol. The lowest BCUT2D eigenvalue weighted by Gasteiger charge is -2.19. The van der Waals surface area contributed by atoms with Gasteiger partial charge in [-0.2, -0.15) is 23.4 Å². The molecule has 114 valence electrons. The van der Waals surface area contributed by atoms with E-state index in [4.69, 9.17) is 10.00 Å². The highest BCUT2D eigenvalue weighted by molar-refractivity contribution is 5.58. The molecule has 1 aromatic heterocycles. The molecule has 0 spiro atoms. The van der Waals surface area contributed by atoms with Crippen molar-refractivity contribution in [3.05, 3.63) is 41.6 Å². The van der Waals surface area contributed by atoms with E-state index in [1.165, 1.54) is 4.90 Å². The maximum atomic E-state index is 12.8. The van der Waals surface area contributed by atoms with Crippen molar-refractivity contribution >= 4 is 11.6 Å². The van der Waals surface area contributed by atoms with Gasteiger partial charge in [0.05, 0.1) is 18.7 Å². The van der Waals surface area contributed by atoms with E-state index in [2.05, 4.69) is 9.97 Å². The van der Waals surface area contributed by atoms with E-state index in [1.807, 2.05) is 6.07 Å². The second kappa shape index (κ2) is 5.89. The molecule has 2 rings (SSSR count). The lowest BCUT2D eigenvalue weighted by Crippen LogP contribution is -2.16. The van der Waals surface area contributed by atoms with Crippen LogP contribution in [0.5, 0.6) is 5.88 Å². The zero-order valence-corrected chi connectivity index (χ0v) is 11.7. The molecule has 5 nitrogen and oxygen atoms in total. The van der Waals surface area contributed by atoms with Crippen LogP contribution in [0.25, 0.3) is 0 Å². The minimum atomic E-state index is -4.59. The standard InChI is InChI=1S/C14H11F3N4O/c1-21(10-5-3-9(7-18)4-6-10)13-19-8-11(14(15,16)17)12(20-13)22-2/h3-6,8H,1-2H3. The van der Waals surface area contributed by atoms with Gasteiger partial charge in [0.1, 0.15) is 5.56 Å². The summed E-state index contributed by atoms with van der Waals surface area (Å²) in [5, 5.41) is 8.75. The van der Waals surface area contributed by atoms with Gasteiger partial charge in [0.2, 0.25) is 11.8 Å². The number of nitrogens with zero attached hydrogens (tertiary/aromatic N) is 4. The molecule has 0 saturated heterocycles. The van der Waals surface area contributed by atoms with Crippen LogP contribution in [-0.4, -0.2) is 24.1 Å². The molecule has 0 N–H and O–H groups in total. The second-order valence-corrected chi connectivity index (χ2v) is 4.31. The number of benzene rings is 1. The molecule has 22 heavy (non-hydrogen) atoms. The first kappa shape index (κ1) is 15.6. The number of hydrogen-bond donors (Lipinski definition) is 0. The van der Waals surface area contributed by atoms with Crippen molar-refractivity contribution in [1.29, 1.82) is 5.26 Å². The van der Waals surface area contributed by atoms with E-state index in [-0.39, 0.29) is 5.95 Å². The maximum Gasteiger partial charge on any atom is 0.423 e. The Morgan fingerprint density at radius 3 is 2.36 bits per heavy atom. The molecular formula is C14H11F3N4O. The Bertz CT molecular complexity index is 708.